The molecule has 0 fully saturated rings. The molecule has 0 spiro atoms. The van der Waals surface area contributed by atoms with Gasteiger partial charge >= 0.3 is 0 Å². The van der Waals surface area contributed by atoms with Crippen LogP contribution in [0.4, 0.5) is 5.13 Å². The van der Waals surface area contributed by atoms with Crippen LogP contribution < -0.4 is 5.32 Å². The molecule has 0 aliphatic heterocycles. The highest BCUT2D eigenvalue weighted by molar-refractivity contribution is 7.13. The second kappa shape index (κ2) is 4.71. The molecule has 0 aliphatic rings. The van der Waals surface area contributed by atoms with Crippen LogP contribution in [0.2, 0.25) is 0 Å². The maximum absolute atomic E-state index is 4.14. The topological polar surface area (TPSA) is 66.5 Å². The lowest BCUT2D eigenvalue weighted by Crippen LogP contribution is -2.03. The van der Waals surface area contributed by atoms with Crippen LogP contribution in [0.5, 0.6) is 0 Å². The third-order valence-electron chi connectivity index (χ3n) is 1.78. The molecule has 6 heteroatoms. The second-order valence-corrected chi connectivity index (χ2v) is 3.64. The molecule has 0 bridgehead atoms. The maximum atomic E-state index is 4.14. The summed E-state index contributed by atoms with van der Waals surface area (Å²) in [6, 6.07) is 0. The summed E-state index contributed by atoms with van der Waals surface area (Å²) in [5.74, 6) is 1.03. The standard InChI is InChI=1S/C8H11N5S/c1(2-7-9-4-5-10-7)3-11-8-13-12-6-14-8/h4-6H,1-3H2,(H,9,10)(H,11,13). The SMILES string of the molecule is c1c[nH]c(CCCNc2nncs2)n1. The van der Waals surface area contributed by atoms with Gasteiger partial charge in [0.1, 0.15) is 11.3 Å². The van der Waals surface area contributed by atoms with Gasteiger partial charge in [0.15, 0.2) is 0 Å². The van der Waals surface area contributed by atoms with Crippen LogP contribution in [0.25, 0.3) is 0 Å². The zero-order valence-corrected chi connectivity index (χ0v) is 8.42. The first-order valence-electron chi connectivity index (χ1n) is 4.43. The molecule has 2 N–H and O–H groups in total. The predicted molar refractivity (Wildman–Crippen MR) is 55.3 cm³/mol. The van der Waals surface area contributed by atoms with E-state index in [-0.39, 0.29) is 0 Å². The molecule has 5 nitrogen and oxygen atoms in total. The van der Waals surface area contributed by atoms with E-state index in [4.69, 9.17) is 0 Å². The van der Waals surface area contributed by atoms with Gasteiger partial charge in [-0.15, -0.1) is 10.2 Å². The van der Waals surface area contributed by atoms with Crippen molar-refractivity contribution in [2.45, 2.75) is 12.8 Å². The van der Waals surface area contributed by atoms with Gasteiger partial charge in [-0.1, -0.05) is 11.3 Å². The van der Waals surface area contributed by atoms with Crippen LogP contribution in [0.3, 0.4) is 0 Å². The van der Waals surface area contributed by atoms with E-state index in [1.54, 1.807) is 11.7 Å². The van der Waals surface area contributed by atoms with Crippen molar-refractivity contribution >= 4 is 16.5 Å². The maximum Gasteiger partial charge on any atom is 0.205 e. The average molecular weight is 209 g/mol. The van der Waals surface area contributed by atoms with Crippen LogP contribution >= 0.6 is 11.3 Å². The Bertz CT molecular complexity index is 305. The smallest absolute Gasteiger partial charge is 0.205 e. The van der Waals surface area contributed by atoms with E-state index in [0.717, 1.165) is 30.3 Å². The van der Waals surface area contributed by atoms with Gasteiger partial charge < -0.3 is 10.3 Å². The van der Waals surface area contributed by atoms with Gasteiger partial charge in [0.05, 0.1) is 0 Å². The van der Waals surface area contributed by atoms with Crippen molar-refractivity contribution in [2.75, 3.05) is 11.9 Å². The zero-order valence-electron chi connectivity index (χ0n) is 7.60. The number of hydrogen-bond acceptors (Lipinski definition) is 5. The van der Waals surface area contributed by atoms with E-state index >= 15 is 0 Å². The summed E-state index contributed by atoms with van der Waals surface area (Å²) in [6.45, 7) is 0.899. The molecular formula is C8H11N5S. The van der Waals surface area contributed by atoms with Crippen LogP contribution in [0.15, 0.2) is 17.9 Å². The van der Waals surface area contributed by atoms with E-state index in [1.165, 1.54) is 11.3 Å². The number of hydrogen-bond donors (Lipinski definition) is 2. The molecule has 0 unspecified atom stereocenters. The van der Waals surface area contributed by atoms with Crippen molar-refractivity contribution < 1.29 is 0 Å². The Kier molecular flexibility index (Phi) is 3.07. The summed E-state index contributed by atoms with van der Waals surface area (Å²) in [4.78, 5) is 7.21. The summed E-state index contributed by atoms with van der Waals surface area (Å²) >= 11 is 1.51. The van der Waals surface area contributed by atoms with Crippen molar-refractivity contribution in [1.82, 2.24) is 20.2 Å². The number of nitrogens with one attached hydrogen (secondary N) is 2. The van der Waals surface area contributed by atoms with Gasteiger partial charge in [-0.25, -0.2) is 4.98 Å². The minimum absolute atomic E-state index is 0.879. The van der Waals surface area contributed by atoms with Gasteiger partial charge in [0.2, 0.25) is 5.13 Å². The second-order valence-electron chi connectivity index (χ2n) is 2.81. The molecule has 74 valence electrons. The first-order valence-corrected chi connectivity index (χ1v) is 5.31. The number of nitrogens with zero attached hydrogens (tertiary/aromatic N) is 3. The lowest BCUT2D eigenvalue weighted by Gasteiger charge is -1.99. The molecule has 0 amide bonds. The van der Waals surface area contributed by atoms with Gasteiger partial charge in [0, 0.05) is 25.4 Å². The van der Waals surface area contributed by atoms with Gasteiger partial charge in [-0.05, 0) is 6.42 Å². The van der Waals surface area contributed by atoms with E-state index < -0.39 is 0 Å². The number of imidazole rings is 1. The van der Waals surface area contributed by atoms with Crippen LogP contribution in [-0.4, -0.2) is 26.7 Å². The van der Waals surface area contributed by atoms with Gasteiger partial charge in [0.25, 0.3) is 0 Å². The highest BCUT2D eigenvalue weighted by atomic mass is 32.1. The summed E-state index contributed by atoms with van der Waals surface area (Å²) in [5, 5.41) is 11.7. The number of aromatic nitrogens is 4. The minimum atomic E-state index is 0.879. The molecule has 2 aromatic rings. The molecule has 0 aliphatic carbocycles. The van der Waals surface area contributed by atoms with Crippen molar-refractivity contribution in [2.24, 2.45) is 0 Å². The van der Waals surface area contributed by atoms with E-state index in [2.05, 4.69) is 25.5 Å². The van der Waals surface area contributed by atoms with E-state index in [1.807, 2.05) is 6.20 Å². The Morgan fingerprint density at radius 2 is 2.50 bits per heavy atom. The van der Waals surface area contributed by atoms with Crippen molar-refractivity contribution in [1.29, 1.82) is 0 Å². The first kappa shape index (κ1) is 9.14. The molecule has 2 rings (SSSR count). The van der Waals surface area contributed by atoms with Crippen LogP contribution in [0, 0.1) is 0 Å². The van der Waals surface area contributed by atoms with Gasteiger partial charge in [-0.2, -0.15) is 0 Å². The third kappa shape index (κ3) is 2.53. The van der Waals surface area contributed by atoms with Crippen molar-refractivity contribution in [3.8, 4) is 0 Å². The van der Waals surface area contributed by atoms with E-state index in [0.29, 0.717) is 0 Å². The largest absolute Gasteiger partial charge is 0.360 e. The zero-order chi connectivity index (χ0) is 9.64. The summed E-state index contributed by atoms with van der Waals surface area (Å²) in [7, 11) is 0. The Morgan fingerprint density at radius 1 is 1.50 bits per heavy atom. The van der Waals surface area contributed by atoms with Crippen molar-refractivity contribution in [3.63, 3.8) is 0 Å². The van der Waals surface area contributed by atoms with E-state index in [9.17, 15) is 0 Å². The Balaban J connectivity index is 1.65. The number of H-pyrrole nitrogens is 1. The lowest BCUT2D eigenvalue weighted by molar-refractivity contribution is 0.814. The number of rotatable bonds is 5. The normalized spacial score (nSPS) is 10.3. The molecular weight excluding hydrogens is 198 g/mol. The number of aryl methyl sites for hydroxylation is 1. The quantitative estimate of drug-likeness (QED) is 0.728. The summed E-state index contributed by atoms with van der Waals surface area (Å²) in [5.41, 5.74) is 1.72. The van der Waals surface area contributed by atoms with Crippen LogP contribution in [0.1, 0.15) is 12.2 Å². The number of aromatic amines is 1. The molecule has 0 atom stereocenters. The molecule has 2 heterocycles. The third-order valence-corrected chi connectivity index (χ3v) is 2.43. The Labute approximate surface area is 85.6 Å². The first-order chi connectivity index (χ1) is 6.95. The van der Waals surface area contributed by atoms with Crippen molar-refractivity contribution in [3.05, 3.63) is 23.7 Å². The average Bonchev–Trinajstić information content (AvgIpc) is 2.86. The number of anilines is 1. The Morgan fingerprint density at radius 3 is 3.21 bits per heavy atom. The summed E-state index contributed by atoms with van der Waals surface area (Å²) < 4.78 is 0. The van der Waals surface area contributed by atoms with Gasteiger partial charge in [-0.3, -0.25) is 0 Å². The predicted octanol–water partition coefficient (Wildman–Crippen LogP) is 1.31. The van der Waals surface area contributed by atoms with Crippen LogP contribution in [-0.2, 0) is 6.42 Å². The highest BCUT2D eigenvalue weighted by Gasteiger charge is 1.96. The molecule has 2 aromatic heterocycles. The highest BCUT2D eigenvalue weighted by Crippen LogP contribution is 2.07. The molecule has 0 saturated carbocycles. The molecule has 0 aromatic carbocycles. The molecule has 14 heavy (non-hydrogen) atoms. The fourth-order valence-electron chi connectivity index (χ4n) is 1.14. The molecule has 0 radical (unpaired) electrons. The fraction of sp³-hybridized carbons (Fsp3) is 0.375. The Hall–Kier alpha value is -1.43. The summed E-state index contributed by atoms with van der Waals surface area (Å²) in [6.07, 6.45) is 5.60. The fourth-order valence-corrected chi connectivity index (χ4v) is 1.61. The molecule has 0 saturated heterocycles. The lowest BCUT2D eigenvalue weighted by atomic mass is 10.3. The monoisotopic (exact) mass is 209 g/mol. The minimum Gasteiger partial charge on any atom is -0.360 e.